The van der Waals surface area contributed by atoms with Crippen molar-refractivity contribution in [2.24, 2.45) is 0 Å². The lowest BCUT2D eigenvalue weighted by molar-refractivity contribution is 0.306. The first-order chi connectivity index (χ1) is 9.78. The molecular formula is C16H16N2O2. The van der Waals surface area contributed by atoms with Gasteiger partial charge in [-0.25, -0.2) is 0 Å². The van der Waals surface area contributed by atoms with Gasteiger partial charge in [0.15, 0.2) is 0 Å². The van der Waals surface area contributed by atoms with Crippen LogP contribution in [0, 0.1) is 0 Å². The van der Waals surface area contributed by atoms with E-state index in [2.05, 4.69) is 22.7 Å². The summed E-state index contributed by atoms with van der Waals surface area (Å²) in [5, 5.41) is 10.7. The number of benzene rings is 1. The number of pyridine rings is 1. The number of rotatable bonds is 4. The molecule has 3 rings (SSSR count). The second-order valence-electron chi connectivity index (χ2n) is 4.62. The topological polar surface area (TPSA) is 47.3 Å². The monoisotopic (exact) mass is 268 g/mol. The normalized spacial score (nSPS) is 10.8. The Morgan fingerprint density at radius 1 is 1.30 bits per heavy atom. The van der Waals surface area contributed by atoms with Crippen LogP contribution in [-0.2, 0) is 13.2 Å². The number of phenols is 1. The molecule has 0 fully saturated rings. The summed E-state index contributed by atoms with van der Waals surface area (Å²) in [6.45, 7) is 3.42. The predicted molar refractivity (Wildman–Crippen MR) is 77.8 cm³/mol. The Bertz CT molecular complexity index is 720. The fourth-order valence-electron chi connectivity index (χ4n) is 2.33. The van der Waals surface area contributed by atoms with Gasteiger partial charge in [-0.3, -0.25) is 4.98 Å². The van der Waals surface area contributed by atoms with Crippen molar-refractivity contribution in [2.75, 3.05) is 0 Å². The zero-order valence-electron chi connectivity index (χ0n) is 11.3. The van der Waals surface area contributed by atoms with E-state index in [1.165, 1.54) is 0 Å². The van der Waals surface area contributed by atoms with E-state index < -0.39 is 0 Å². The quantitative estimate of drug-likeness (QED) is 0.789. The maximum absolute atomic E-state index is 9.61. The molecule has 0 atom stereocenters. The molecule has 0 unspecified atom stereocenters. The van der Waals surface area contributed by atoms with Gasteiger partial charge in [-0.15, -0.1) is 0 Å². The summed E-state index contributed by atoms with van der Waals surface area (Å²) >= 11 is 0. The number of aromatic nitrogens is 2. The molecular weight excluding hydrogens is 252 g/mol. The first kappa shape index (κ1) is 12.5. The Balaban J connectivity index is 1.92. The van der Waals surface area contributed by atoms with E-state index in [4.69, 9.17) is 4.74 Å². The number of aromatic hydroxyl groups is 1. The van der Waals surface area contributed by atoms with Crippen LogP contribution >= 0.6 is 0 Å². The fourth-order valence-corrected chi connectivity index (χ4v) is 2.33. The fraction of sp³-hybridized carbons (Fsp3) is 0.188. The highest BCUT2D eigenvalue weighted by atomic mass is 16.5. The van der Waals surface area contributed by atoms with Crippen LogP contribution in [0.5, 0.6) is 11.5 Å². The first-order valence-corrected chi connectivity index (χ1v) is 6.61. The smallest absolute Gasteiger partial charge is 0.138 e. The molecule has 0 saturated carbocycles. The molecule has 1 aromatic carbocycles. The highest BCUT2D eigenvalue weighted by Gasteiger charge is 2.09. The largest absolute Gasteiger partial charge is 0.508 e. The van der Waals surface area contributed by atoms with Gasteiger partial charge in [0.1, 0.15) is 18.1 Å². The lowest BCUT2D eigenvalue weighted by Crippen LogP contribution is -1.95. The van der Waals surface area contributed by atoms with Crippen molar-refractivity contribution < 1.29 is 9.84 Å². The zero-order valence-corrected chi connectivity index (χ0v) is 11.3. The summed E-state index contributed by atoms with van der Waals surface area (Å²) in [6, 6.07) is 9.15. The van der Waals surface area contributed by atoms with E-state index in [9.17, 15) is 5.11 Å². The number of nitrogens with zero attached hydrogens (tertiary/aromatic N) is 2. The van der Waals surface area contributed by atoms with Crippen LogP contribution in [0.3, 0.4) is 0 Å². The lowest BCUT2D eigenvalue weighted by atomic mass is 10.2. The molecule has 0 amide bonds. The molecule has 4 nitrogen and oxygen atoms in total. The minimum absolute atomic E-state index is 0.282. The average Bonchev–Trinajstić information content (AvgIpc) is 2.83. The maximum Gasteiger partial charge on any atom is 0.138 e. The van der Waals surface area contributed by atoms with Crippen molar-refractivity contribution in [2.45, 2.75) is 20.1 Å². The van der Waals surface area contributed by atoms with Crippen LogP contribution < -0.4 is 4.74 Å². The molecule has 1 N–H and O–H groups in total. The molecule has 0 radical (unpaired) electrons. The van der Waals surface area contributed by atoms with Crippen molar-refractivity contribution in [1.29, 1.82) is 0 Å². The molecule has 0 saturated heterocycles. The lowest BCUT2D eigenvalue weighted by Gasteiger charge is -2.04. The number of fused-ring (bicyclic) bond motifs is 1. The van der Waals surface area contributed by atoms with Crippen molar-refractivity contribution in [1.82, 2.24) is 9.55 Å². The Hall–Kier alpha value is -2.49. The molecule has 4 heteroatoms. The van der Waals surface area contributed by atoms with E-state index in [0.717, 1.165) is 28.8 Å². The SMILES string of the molecule is CCn1cc(COc2cccnc2)c2ccc(O)cc21. The molecule has 0 spiro atoms. The van der Waals surface area contributed by atoms with E-state index >= 15 is 0 Å². The Labute approximate surface area is 117 Å². The van der Waals surface area contributed by atoms with E-state index in [1.807, 2.05) is 18.2 Å². The number of aryl methyl sites for hydroxylation is 1. The summed E-state index contributed by atoms with van der Waals surface area (Å²) in [5.41, 5.74) is 2.13. The third kappa shape index (κ3) is 2.32. The molecule has 0 aliphatic rings. The molecule has 2 heterocycles. The molecule has 2 aromatic heterocycles. The highest BCUT2D eigenvalue weighted by molar-refractivity contribution is 5.85. The van der Waals surface area contributed by atoms with Gasteiger partial charge in [0.2, 0.25) is 0 Å². The zero-order chi connectivity index (χ0) is 13.9. The third-order valence-corrected chi connectivity index (χ3v) is 3.32. The van der Waals surface area contributed by atoms with Crippen molar-refractivity contribution >= 4 is 10.9 Å². The number of hydrogen-bond acceptors (Lipinski definition) is 3. The summed E-state index contributed by atoms with van der Waals surface area (Å²) in [4.78, 5) is 4.03. The summed E-state index contributed by atoms with van der Waals surface area (Å²) in [5.74, 6) is 1.04. The van der Waals surface area contributed by atoms with Crippen LogP contribution in [0.2, 0.25) is 0 Å². The maximum atomic E-state index is 9.61. The van der Waals surface area contributed by atoms with Gasteiger partial charge in [0, 0.05) is 36.0 Å². The summed E-state index contributed by atoms with van der Waals surface area (Å²) < 4.78 is 7.86. The minimum atomic E-state index is 0.282. The summed E-state index contributed by atoms with van der Waals surface area (Å²) in [7, 11) is 0. The number of hydrogen-bond donors (Lipinski definition) is 1. The van der Waals surface area contributed by atoms with Crippen LogP contribution in [0.15, 0.2) is 48.9 Å². The average molecular weight is 268 g/mol. The molecule has 0 bridgehead atoms. The standard InChI is InChI=1S/C16H16N2O2/c1-2-18-10-12(11-20-14-4-3-7-17-9-14)15-6-5-13(19)8-16(15)18/h3-10,19H,2,11H2,1H3. The van der Waals surface area contributed by atoms with Crippen LogP contribution in [0.25, 0.3) is 10.9 Å². The first-order valence-electron chi connectivity index (χ1n) is 6.61. The molecule has 0 aliphatic carbocycles. The predicted octanol–water partition coefficient (Wildman–Crippen LogP) is 3.34. The highest BCUT2D eigenvalue weighted by Crippen LogP contribution is 2.26. The molecule has 0 aliphatic heterocycles. The van der Waals surface area contributed by atoms with Crippen molar-refractivity contribution in [3.05, 3.63) is 54.5 Å². The van der Waals surface area contributed by atoms with Gasteiger partial charge in [-0.1, -0.05) is 0 Å². The Morgan fingerprint density at radius 3 is 2.95 bits per heavy atom. The van der Waals surface area contributed by atoms with Gasteiger partial charge in [0.05, 0.1) is 11.7 Å². The van der Waals surface area contributed by atoms with Gasteiger partial charge in [0.25, 0.3) is 0 Å². The van der Waals surface area contributed by atoms with Gasteiger partial charge >= 0.3 is 0 Å². The van der Waals surface area contributed by atoms with Crippen LogP contribution in [0.4, 0.5) is 0 Å². The Morgan fingerprint density at radius 2 is 2.20 bits per heavy atom. The third-order valence-electron chi connectivity index (χ3n) is 3.32. The van der Waals surface area contributed by atoms with Gasteiger partial charge in [-0.05, 0) is 31.2 Å². The number of phenolic OH excluding ortho intramolecular Hbond substituents is 1. The minimum Gasteiger partial charge on any atom is -0.508 e. The molecule has 3 aromatic rings. The second-order valence-corrected chi connectivity index (χ2v) is 4.62. The Kier molecular flexibility index (Phi) is 3.29. The summed E-state index contributed by atoms with van der Waals surface area (Å²) in [6.07, 6.45) is 5.49. The van der Waals surface area contributed by atoms with Crippen LogP contribution in [-0.4, -0.2) is 14.7 Å². The number of ether oxygens (including phenoxy) is 1. The second kappa shape index (κ2) is 5.25. The van der Waals surface area contributed by atoms with E-state index in [-0.39, 0.29) is 5.75 Å². The molecule has 102 valence electrons. The van der Waals surface area contributed by atoms with Crippen molar-refractivity contribution in [3.8, 4) is 11.5 Å². The van der Waals surface area contributed by atoms with Crippen molar-refractivity contribution in [3.63, 3.8) is 0 Å². The van der Waals surface area contributed by atoms with Crippen LogP contribution in [0.1, 0.15) is 12.5 Å². The molecule has 20 heavy (non-hydrogen) atoms. The van der Waals surface area contributed by atoms with Gasteiger partial charge < -0.3 is 14.4 Å². The van der Waals surface area contributed by atoms with E-state index in [0.29, 0.717) is 6.61 Å². The van der Waals surface area contributed by atoms with Gasteiger partial charge in [-0.2, -0.15) is 0 Å². The van der Waals surface area contributed by atoms with E-state index in [1.54, 1.807) is 24.5 Å².